The van der Waals surface area contributed by atoms with E-state index >= 15 is 0 Å². The normalized spacial score (nSPS) is 12.2. The van der Waals surface area contributed by atoms with Crippen LogP contribution in [0.5, 0.6) is 5.75 Å². The fourth-order valence-electron chi connectivity index (χ4n) is 3.45. The number of benzene rings is 3. The van der Waals surface area contributed by atoms with Crippen LogP contribution in [0.25, 0.3) is 21.9 Å². The molecule has 0 aliphatic heterocycles. The average Bonchev–Trinajstić information content (AvgIpc) is 3.45. The van der Waals surface area contributed by atoms with E-state index in [1.54, 1.807) is 12.1 Å². The molecule has 0 saturated carbocycles. The summed E-state index contributed by atoms with van der Waals surface area (Å²) >= 11 is 0. The number of para-hydroxylation sites is 2. The lowest BCUT2D eigenvalue weighted by molar-refractivity contribution is 0.0902. The van der Waals surface area contributed by atoms with Crippen molar-refractivity contribution >= 4 is 27.8 Å². The Kier molecular flexibility index (Phi) is 4.88. The van der Waals surface area contributed by atoms with Crippen LogP contribution in [-0.4, -0.2) is 10.9 Å². The monoisotopic (exact) mass is 412 g/mol. The molecule has 31 heavy (non-hydrogen) atoms. The van der Waals surface area contributed by atoms with Gasteiger partial charge in [0, 0.05) is 5.39 Å². The fraction of sp³-hybridized carbons (Fsp3) is 0.120. The van der Waals surface area contributed by atoms with Crippen LogP contribution >= 0.6 is 0 Å². The number of nitrogens with zero attached hydrogens (tertiary/aromatic N) is 1. The van der Waals surface area contributed by atoms with E-state index in [0.29, 0.717) is 17.2 Å². The Morgan fingerprint density at radius 3 is 2.68 bits per heavy atom. The number of aromatic nitrogens is 1. The number of carbonyl (C=O) groups is 1. The highest BCUT2D eigenvalue weighted by molar-refractivity contribution is 5.91. The summed E-state index contributed by atoms with van der Waals surface area (Å²) in [5.41, 5.74) is 1.44. The van der Waals surface area contributed by atoms with Gasteiger partial charge in [-0.05, 0) is 42.6 Å². The molecular weight excluding hydrogens is 392 g/mol. The fourth-order valence-corrected chi connectivity index (χ4v) is 3.45. The van der Waals surface area contributed by atoms with E-state index < -0.39 is 6.04 Å². The van der Waals surface area contributed by atoms with E-state index in [-0.39, 0.29) is 18.3 Å². The zero-order chi connectivity index (χ0) is 21.2. The number of amides is 1. The van der Waals surface area contributed by atoms with Crippen molar-refractivity contribution in [3.63, 3.8) is 0 Å². The third-order valence-corrected chi connectivity index (χ3v) is 5.03. The van der Waals surface area contributed by atoms with Crippen molar-refractivity contribution in [3.05, 3.63) is 96.3 Å². The number of furan rings is 1. The second-order valence-corrected chi connectivity index (χ2v) is 7.25. The number of nitrogens with one attached hydrogen (secondary N) is 1. The van der Waals surface area contributed by atoms with Gasteiger partial charge in [-0.2, -0.15) is 0 Å². The highest BCUT2D eigenvalue weighted by Crippen LogP contribution is 2.26. The van der Waals surface area contributed by atoms with Crippen LogP contribution in [-0.2, 0) is 6.61 Å². The third-order valence-electron chi connectivity index (χ3n) is 5.03. The van der Waals surface area contributed by atoms with E-state index in [1.807, 2.05) is 73.7 Å². The van der Waals surface area contributed by atoms with Crippen LogP contribution in [0.15, 0.2) is 87.7 Å². The highest BCUT2D eigenvalue weighted by atomic mass is 16.5. The van der Waals surface area contributed by atoms with E-state index in [0.717, 1.165) is 22.0 Å². The molecule has 0 fully saturated rings. The van der Waals surface area contributed by atoms with E-state index in [9.17, 15) is 4.79 Å². The maximum atomic E-state index is 12.6. The Labute approximate surface area is 178 Å². The van der Waals surface area contributed by atoms with Crippen molar-refractivity contribution < 1.29 is 18.4 Å². The van der Waals surface area contributed by atoms with E-state index in [4.69, 9.17) is 13.6 Å². The molecule has 0 radical (unpaired) electrons. The number of oxazole rings is 1. The number of fused-ring (bicyclic) bond motifs is 2. The second-order valence-electron chi connectivity index (χ2n) is 7.25. The first-order valence-electron chi connectivity index (χ1n) is 10.0. The summed E-state index contributed by atoms with van der Waals surface area (Å²) < 4.78 is 17.3. The lowest BCUT2D eigenvalue weighted by Gasteiger charge is -2.09. The molecule has 3 aromatic carbocycles. The molecule has 0 spiro atoms. The topological polar surface area (TPSA) is 77.5 Å². The Bertz CT molecular complexity index is 1330. The van der Waals surface area contributed by atoms with Gasteiger partial charge < -0.3 is 18.9 Å². The van der Waals surface area contributed by atoms with E-state index in [1.165, 1.54) is 0 Å². The number of hydrogen-bond donors (Lipinski definition) is 1. The predicted octanol–water partition coefficient (Wildman–Crippen LogP) is 5.64. The number of rotatable bonds is 6. The summed E-state index contributed by atoms with van der Waals surface area (Å²) in [6.45, 7) is 2.04. The van der Waals surface area contributed by atoms with Gasteiger partial charge in [0.15, 0.2) is 11.3 Å². The summed E-state index contributed by atoms with van der Waals surface area (Å²) in [6, 6.07) is 24.4. The third kappa shape index (κ3) is 3.88. The average molecular weight is 412 g/mol. The molecule has 6 heteroatoms. The van der Waals surface area contributed by atoms with Crippen molar-refractivity contribution in [2.24, 2.45) is 0 Å². The van der Waals surface area contributed by atoms with Gasteiger partial charge in [-0.25, -0.2) is 4.98 Å². The van der Waals surface area contributed by atoms with Crippen LogP contribution in [0.4, 0.5) is 0 Å². The Balaban J connectivity index is 1.25. The summed E-state index contributed by atoms with van der Waals surface area (Å²) in [7, 11) is 0. The number of carbonyl (C=O) groups excluding carboxylic acids is 1. The SMILES string of the molecule is CC(NC(=O)c1ccc(COc2cccc3ccccc23)o1)c1nc2ccccc2o1. The van der Waals surface area contributed by atoms with Crippen LogP contribution in [0, 0.1) is 0 Å². The standard InChI is InChI=1S/C25H20N2O4/c1-16(25-27-20-10-4-5-11-22(20)31-25)26-24(28)23-14-13-18(30-23)15-29-21-12-6-8-17-7-2-3-9-19(17)21/h2-14,16H,15H2,1H3,(H,26,28). The second kappa shape index (κ2) is 7.99. The van der Waals surface area contributed by atoms with Crippen molar-refractivity contribution in [3.8, 4) is 5.75 Å². The number of hydrogen-bond acceptors (Lipinski definition) is 5. The van der Waals surface area contributed by atoms with Gasteiger partial charge in [0.1, 0.15) is 29.7 Å². The van der Waals surface area contributed by atoms with Crippen LogP contribution < -0.4 is 10.1 Å². The summed E-state index contributed by atoms with van der Waals surface area (Å²) in [4.78, 5) is 17.0. The smallest absolute Gasteiger partial charge is 0.287 e. The zero-order valence-corrected chi connectivity index (χ0v) is 16.9. The molecule has 0 saturated heterocycles. The highest BCUT2D eigenvalue weighted by Gasteiger charge is 2.19. The lowest BCUT2D eigenvalue weighted by Crippen LogP contribution is -2.26. The molecule has 1 unspecified atom stereocenters. The van der Waals surface area contributed by atoms with Gasteiger partial charge >= 0.3 is 0 Å². The zero-order valence-electron chi connectivity index (χ0n) is 16.9. The quantitative estimate of drug-likeness (QED) is 0.390. The molecule has 2 aromatic heterocycles. The molecule has 5 aromatic rings. The largest absolute Gasteiger partial charge is 0.485 e. The minimum absolute atomic E-state index is 0.208. The van der Waals surface area contributed by atoms with Crippen molar-refractivity contribution in [2.75, 3.05) is 0 Å². The molecule has 154 valence electrons. The van der Waals surface area contributed by atoms with Crippen molar-refractivity contribution in [2.45, 2.75) is 19.6 Å². The van der Waals surface area contributed by atoms with Gasteiger partial charge in [0.05, 0.1) is 0 Å². The minimum Gasteiger partial charge on any atom is -0.485 e. The summed E-state index contributed by atoms with van der Waals surface area (Å²) in [6.07, 6.45) is 0. The van der Waals surface area contributed by atoms with Gasteiger partial charge in [-0.1, -0.05) is 48.5 Å². The first-order chi connectivity index (χ1) is 15.2. The minimum atomic E-state index is -0.402. The Morgan fingerprint density at radius 1 is 0.968 bits per heavy atom. The van der Waals surface area contributed by atoms with Gasteiger partial charge in [0.25, 0.3) is 5.91 Å². The molecule has 1 amide bonds. The predicted molar refractivity (Wildman–Crippen MR) is 117 cm³/mol. The van der Waals surface area contributed by atoms with Crippen molar-refractivity contribution in [1.82, 2.24) is 10.3 Å². The Morgan fingerprint density at radius 2 is 1.77 bits per heavy atom. The van der Waals surface area contributed by atoms with Crippen LogP contribution in [0.3, 0.4) is 0 Å². The first kappa shape index (κ1) is 18.9. The first-order valence-corrected chi connectivity index (χ1v) is 10.0. The molecule has 0 aliphatic carbocycles. The van der Waals surface area contributed by atoms with Gasteiger partial charge in [-0.15, -0.1) is 0 Å². The maximum absolute atomic E-state index is 12.6. The molecule has 1 atom stereocenters. The van der Waals surface area contributed by atoms with E-state index in [2.05, 4.69) is 10.3 Å². The van der Waals surface area contributed by atoms with Gasteiger partial charge in [-0.3, -0.25) is 4.79 Å². The number of ether oxygens (including phenoxy) is 1. The summed E-state index contributed by atoms with van der Waals surface area (Å²) in [5, 5.41) is 4.99. The summed E-state index contributed by atoms with van der Waals surface area (Å²) in [5.74, 6) is 1.64. The molecule has 5 rings (SSSR count). The molecule has 2 heterocycles. The van der Waals surface area contributed by atoms with Crippen LogP contribution in [0.2, 0.25) is 0 Å². The lowest BCUT2D eigenvalue weighted by atomic mass is 10.1. The van der Waals surface area contributed by atoms with Gasteiger partial charge in [0.2, 0.25) is 5.89 Å². The van der Waals surface area contributed by atoms with Crippen LogP contribution in [0.1, 0.15) is 35.2 Å². The molecule has 0 aliphatic rings. The Hall–Kier alpha value is -4.06. The maximum Gasteiger partial charge on any atom is 0.287 e. The molecular formula is C25H20N2O4. The molecule has 1 N–H and O–H groups in total. The molecule has 0 bridgehead atoms. The van der Waals surface area contributed by atoms with Crippen molar-refractivity contribution in [1.29, 1.82) is 0 Å². The molecule has 6 nitrogen and oxygen atoms in total.